The summed E-state index contributed by atoms with van der Waals surface area (Å²) in [7, 11) is 0. The van der Waals surface area contributed by atoms with E-state index in [0.29, 0.717) is 5.92 Å². The van der Waals surface area contributed by atoms with Crippen molar-refractivity contribution in [3.63, 3.8) is 0 Å². The molecular weight excluding hydrogens is 372 g/mol. The van der Waals surface area contributed by atoms with Crippen LogP contribution in [0.15, 0.2) is 12.2 Å². The number of fused-ring (bicyclic) bond motifs is 1. The Morgan fingerprint density at radius 2 is 1.33 bits per heavy atom. The number of allylic oxidation sites excluding steroid dienone is 2. The van der Waals surface area contributed by atoms with Crippen molar-refractivity contribution in [2.24, 2.45) is 23.7 Å². The highest BCUT2D eigenvalue weighted by Gasteiger charge is 2.51. The second-order valence-corrected chi connectivity index (χ2v) is 9.81. The van der Waals surface area contributed by atoms with Gasteiger partial charge in [0.25, 0.3) is 0 Å². The Bertz CT molecular complexity index is 524. The van der Waals surface area contributed by atoms with E-state index in [1.807, 2.05) is 0 Å². The van der Waals surface area contributed by atoms with Crippen LogP contribution in [0.1, 0.15) is 123 Å². The van der Waals surface area contributed by atoms with Gasteiger partial charge in [0.15, 0.2) is 0 Å². The van der Waals surface area contributed by atoms with Gasteiger partial charge in [-0.1, -0.05) is 103 Å². The minimum absolute atomic E-state index is 0.168. The fourth-order valence-corrected chi connectivity index (χ4v) is 5.38. The lowest BCUT2D eigenvalue weighted by atomic mass is 9.67. The summed E-state index contributed by atoms with van der Waals surface area (Å²) in [5, 5.41) is 0. The molecule has 172 valence electrons. The maximum Gasteiger partial charge on any atom is 0.317 e. The van der Waals surface area contributed by atoms with Gasteiger partial charge < -0.3 is 4.74 Å². The van der Waals surface area contributed by atoms with Crippen LogP contribution in [-0.4, -0.2) is 11.9 Å². The van der Waals surface area contributed by atoms with Gasteiger partial charge in [0.05, 0.1) is 11.8 Å². The van der Waals surface area contributed by atoms with Crippen LogP contribution >= 0.6 is 0 Å². The molecule has 30 heavy (non-hydrogen) atoms. The Morgan fingerprint density at radius 1 is 0.767 bits per heavy atom. The zero-order valence-corrected chi connectivity index (χ0v) is 19.7. The third-order valence-electron chi connectivity index (χ3n) is 7.45. The summed E-state index contributed by atoms with van der Waals surface area (Å²) in [6.07, 6.45) is 26.9. The van der Waals surface area contributed by atoms with E-state index in [9.17, 15) is 9.59 Å². The van der Waals surface area contributed by atoms with Crippen LogP contribution in [-0.2, 0) is 14.3 Å². The van der Waals surface area contributed by atoms with Crippen molar-refractivity contribution in [1.29, 1.82) is 0 Å². The normalized spacial score (nSPS) is 26.3. The largest absolute Gasteiger partial charge is 0.393 e. The first-order chi connectivity index (χ1) is 14.6. The monoisotopic (exact) mass is 418 g/mol. The molecule has 3 nitrogen and oxygen atoms in total. The van der Waals surface area contributed by atoms with Crippen LogP contribution in [0.25, 0.3) is 0 Å². The first-order valence-corrected chi connectivity index (χ1v) is 13.1. The standard InChI is InChI=1S/C27H46O3/c1-3-4-5-6-7-8-9-10-11-12-13-14-15-16-17-18-19-23-20-21-24-25(22(23)2)27(29)30-26(24)28/h17-18,22-25H,3-16,19-21H2,1-2H3. The van der Waals surface area contributed by atoms with E-state index in [1.54, 1.807) is 0 Å². The summed E-state index contributed by atoms with van der Waals surface area (Å²) in [5.41, 5.74) is 0. The van der Waals surface area contributed by atoms with Crippen molar-refractivity contribution in [3.05, 3.63) is 12.2 Å². The fraction of sp³-hybridized carbons (Fsp3) is 0.852. The molecule has 1 aliphatic heterocycles. The molecule has 0 aromatic carbocycles. The number of cyclic esters (lactones) is 2. The van der Waals surface area contributed by atoms with Crippen LogP contribution < -0.4 is 0 Å². The Hall–Kier alpha value is -1.12. The molecule has 0 N–H and O–H groups in total. The minimum atomic E-state index is -0.284. The summed E-state index contributed by atoms with van der Waals surface area (Å²) in [6.45, 7) is 4.41. The molecule has 0 radical (unpaired) electrons. The van der Waals surface area contributed by atoms with Gasteiger partial charge in [0, 0.05) is 0 Å². The van der Waals surface area contributed by atoms with Gasteiger partial charge in [-0.05, 0) is 43.9 Å². The summed E-state index contributed by atoms with van der Waals surface area (Å²) in [4.78, 5) is 23.7. The van der Waals surface area contributed by atoms with Crippen LogP contribution in [0.4, 0.5) is 0 Å². The molecule has 1 heterocycles. The van der Waals surface area contributed by atoms with Crippen molar-refractivity contribution >= 4 is 11.9 Å². The van der Waals surface area contributed by atoms with Gasteiger partial charge in [-0.3, -0.25) is 9.59 Å². The number of carbonyl (C=O) groups excluding carboxylic acids is 2. The molecular formula is C27H46O3. The number of unbranched alkanes of at least 4 members (excludes halogenated alkanes) is 13. The molecule has 0 amide bonds. The van der Waals surface area contributed by atoms with Gasteiger partial charge >= 0.3 is 11.9 Å². The highest BCUT2D eigenvalue weighted by Crippen LogP contribution is 2.44. The summed E-state index contributed by atoms with van der Waals surface area (Å²) in [6, 6.07) is 0. The molecule has 4 atom stereocenters. The Kier molecular flexibility index (Phi) is 12.4. The van der Waals surface area contributed by atoms with E-state index in [1.165, 1.54) is 89.9 Å². The highest BCUT2D eigenvalue weighted by atomic mass is 16.6. The van der Waals surface area contributed by atoms with Crippen LogP contribution in [0.3, 0.4) is 0 Å². The predicted molar refractivity (Wildman–Crippen MR) is 124 cm³/mol. The molecule has 2 aliphatic rings. The third-order valence-corrected chi connectivity index (χ3v) is 7.45. The lowest BCUT2D eigenvalue weighted by molar-refractivity contribution is -0.154. The van der Waals surface area contributed by atoms with Crippen molar-refractivity contribution in [1.82, 2.24) is 0 Å². The number of hydrogen-bond acceptors (Lipinski definition) is 3. The van der Waals surface area contributed by atoms with E-state index < -0.39 is 0 Å². The third kappa shape index (κ3) is 8.55. The summed E-state index contributed by atoms with van der Waals surface area (Å²) >= 11 is 0. The van der Waals surface area contributed by atoms with Crippen molar-refractivity contribution < 1.29 is 14.3 Å². The molecule has 0 bridgehead atoms. The van der Waals surface area contributed by atoms with Crippen molar-refractivity contribution in [2.45, 2.75) is 123 Å². The lowest BCUT2D eigenvalue weighted by Gasteiger charge is -2.33. The van der Waals surface area contributed by atoms with E-state index in [4.69, 9.17) is 4.74 Å². The van der Waals surface area contributed by atoms with Gasteiger partial charge in [-0.2, -0.15) is 0 Å². The Balaban J connectivity index is 1.41. The zero-order valence-electron chi connectivity index (χ0n) is 19.7. The summed E-state index contributed by atoms with van der Waals surface area (Å²) < 4.78 is 4.87. The maximum atomic E-state index is 11.9. The summed E-state index contributed by atoms with van der Waals surface area (Å²) in [5.74, 6) is -0.160. The van der Waals surface area contributed by atoms with Crippen LogP contribution in [0.5, 0.6) is 0 Å². The Labute approximate surface area is 185 Å². The second kappa shape index (κ2) is 14.8. The molecule has 0 aromatic rings. The predicted octanol–water partition coefficient (Wildman–Crippen LogP) is 7.78. The van der Waals surface area contributed by atoms with Gasteiger partial charge in [0.1, 0.15) is 0 Å². The van der Waals surface area contributed by atoms with Crippen LogP contribution in [0, 0.1) is 23.7 Å². The zero-order chi connectivity index (χ0) is 21.6. The smallest absolute Gasteiger partial charge is 0.317 e. The molecule has 0 spiro atoms. The number of ether oxygens (including phenoxy) is 1. The van der Waals surface area contributed by atoms with Crippen molar-refractivity contribution in [2.75, 3.05) is 0 Å². The average Bonchev–Trinajstić information content (AvgIpc) is 3.03. The van der Waals surface area contributed by atoms with Gasteiger partial charge in [0.2, 0.25) is 0 Å². The van der Waals surface area contributed by atoms with E-state index in [2.05, 4.69) is 26.0 Å². The first kappa shape index (κ1) is 25.1. The molecule has 1 saturated heterocycles. The molecule has 1 saturated carbocycles. The fourth-order valence-electron chi connectivity index (χ4n) is 5.38. The molecule has 0 aromatic heterocycles. The van der Waals surface area contributed by atoms with E-state index >= 15 is 0 Å². The van der Waals surface area contributed by atoms with Crippen molar-refractivity contribution in [3.8, 4) is 0 Å². The first-order valence-electron chi connectivity index (χ1n) is 13.1. The molecule has 4 unspecified atom stereocenters. The molecule has 3 heteroatoms. The number of carbonyl (C=O) groups is 2. The van der Waals surface area contributed by atoms with E-state index in [0.717, 1.165) is 19.3 Å². The van der Waals surface area contributed by atoms with Crippen LogP contribution in [0.2, 0.25) is 0 Å². The number of hydrogen-bond donors (Lipinski definition) is 0. The minimum Gasteiger partial charge on any atom is -0.393 e. The average molecular weight is 419 g/mol. The SMILES string of the molecule is CCCCCCCCCCCCCCCC=CCC1CCC2C(=O)OC(=O)C2C1C. The molecule has 1 aliphatic carbocycles. The van der Waals surface area contributed by atoms with E-state index in [-0.39, 0.29) is 29.7 Å². The van der Waals surface area contributed by atoms with Gasteiger partial charge in [-0.15, -0.1) is 0 Å². The Morgan fingerprint density at radius 3 is 1.93 bits per heavy atom. The molecule has 2 rings (SSSR count). The molecule has 2 fully saturated rings. The number of rotatable bonds is 16. The quantitative estimate of drug-likeness (QED) is 0.111. The number of esters is 2. The maximum absolute atomic E-state index is 11.9. The lowest BCUT2D eigenvalue weighted by Crippen LogP contribution is -2.34. The second-order valence-electron chi connectivity index (χ2n) is 9.81. The topological polar surface area (TPSA) is 43.4 Å². The highest BCUT2D eigenvalue weighted by molar-refractivity contribution is 5.96. The van der Waals surface area contributed by atoms with Gasteiger partial charge in [-0.25, -0.2) is 0 Å².